The van der Waals surface area contributed by atoms with E-state index in [1.165, 1.54) is 6.20 Å². The van der Waals surface area contributed by atoms with Crippen LogP contribution in [0.1, 0.15) is 18.9 Å². The van der Waals surface area contributed by atoms with Gasteiger partial charge in [-0.15, -0.1) is 5.10 Å². The first-order valence-corrected chi connectivity index (χ1v) is 5.37. The Labute approximate surface area is 94.4 Å². The van der Waals surface area contributed by atoms with Crippen LogP contribution >= 0.6 is 0 Å². The summed E-state index contributed by atoms with van der Waals surface area (Å²) in [7, 11) is 0. The highest BCUT2D eigenvalue weighted by atomic mass is 16.5. The molecule has 0 radical (unpaired) electrons. The Balaban J connectivity index is 2.05. The molecule has 1 aliphatic rings. The fraction of sp³-hybridized carbons (Fsp3) is 0.545. The Morgan fingerprint density at radius 3 is 3.25 bits per heavy atom. The van der Waals surface area contributed by atoms with Crippen molar-refractivity contribution in [1.29, 1.82) is 5.26 Å². The van der Waals surface area contributed by atoms with Crippen LogP contribution in [0, 0.1) is 17.2 Å². The van der Waals surface area contributed by atoms with E-state index in [0.29, 0.717) is 17.3 Å². The van der Waals surface area contributed by atoms with E-state index in [4.69, 9.17) is 10.00 Å². The monoisotopic (exact) mass is 218 g/mol. The molecule has 2 heterocycles. The van der Waals surface area contributed by atoms with E-state index in [1.807, 2.05) is 0 Å². The summed E-state index contributed by atoms with van der Waals surface area (Å²) in [4.78, 5) is 0. The summed E-state index contributed by atoms with van der Waals surface area (Å²) in [6, 6.07) is 4.00. The Morgan fingerprint density at radius 2 is 2.56 bits per heavy atom. The first kappa shape index (κ1) is 10.8. The molecule has 1 aromatic rings. The predicted octanol–water partition coefficient (Wildman–Crippen LogP) is 1.19. The standard InChI is InChI=1S/C11H14N4O/c1-8(10-3-5-16-7-10)14-11-9(6-12)2-4-13-15-11/h2,4,8,10H,3,5,7H2,1H3,(H,14,15). The van der Waals surface area contributed by atoms with Crippen LogP contribution in [0.4, 0.5) is 5.82 Å². The van der Waals surface area contributed by atoms with Crippen LogP contribution in [0.25, 0.3) is 0 Å². The van der Waals surface area contributed by atoms with Crippen LogP contribution in [-0.4, -0.2) is 29.5 Å². The minimum atomic E-state index is 0.242. The fourth-order valence-corrected chi connectivity index (χ4v) is 1.81. The molecule has 1 saturated heterocycles. The average molecular weight is 218 g/mol. The molecule has 1 N–H and O–H groups in total. The number of aromatic nitrogens is 2. The predicted molar refractivity (Wildman–Crippen MR) is 58.8 cm³/mol. The summed E-state index contributed by atoms with van der Waals surface area (Å²) in [5, 5.41) is 19.9. The van der Waals surface area contributed by atoms with Gasteiger partial charge in [0.2, 0.25) is 0 Å². The van der Waals surface area contributed by atoms with Crippen molar-refractivity contribution < 1.29 is 4.74 Å². The van der Waals surface area contributed by atoms with Crippen LogP contribution < -0.4 is 5.32 Å². The van der Waals surface area contributed by atoms with Gasteiger partial charge in [-0.3, -0.25) is 0 Å². The van der Waals surface area contributed by atoms with E-state index in [2.05, 4.69) is 28.5 Å². The van der Waals surface area contributed by atoms with Crippen LogP contribution in [0.2, 0.25) is 0 Å². The molecule has 1 aliphatic heterocycles. The van der Waals surface area contributed by atoms with Gasteiger partial charge in [0.1, 0.15) is 6.07 Å². The zero-order valence-corrected chi connectivity index (χ0v) is 9.18. The van der Waals surface area contributed by atoms with Gasteiger partial charge in [-0.2, -0.15) is 10.4 Å². The van der Waals surface area contributed by atoms with Crippen molar-refractivity contribution in [1.82, 2.24) is 10.2 Å². The quantitative estimate of drug-likeness (QED) is 0.825. The van der Waals surface area contributed by atoms with E-state index in [9.17, 15) is 0 Å². The molecular formula is C11H14N4O. The Hall–Kier alpha value is -1.67. The number of hydrogen-bond acceptors (Lipinski definition) is 5. The van der Waals surface area contributed by atoms with E-state index in [0.717, 1.165) is 19.6 Å². The molecule has 84 valence electrons. The SMILES string of the molecule is CC(Nc1nnccc1C#N)C1CCOC1. The van der Waals surface area contributed by atoms with E-state index in [-0.39, 0.29) is 6.04 Å². The molecular weight excluding hydrogens is 204 g/mol. The smallest absolute Gasteiger partial charge is 0.166 e. The second kappa shape index (κ2) is 4.90. The first-order chi connectivity index (χ1) is 7.81. The van der Waals surface area contributed by atoms with Crippen LogP contribution in [0.15, 0.2) is 12.3 Å². The largest absolute Gasteiger partial charge is 0.381 e. The first-order valence-electron chi connectivity index (χ1n) is 5.37. The number of rotatable bonds is 3. The summed E-state index contributed by atoms with van der Waals surface area (Å²) in [5.74, 6) is 1.04. The number of anilines is 1. The molecule has 2 atom stereocenters. The average Bonchev–Trinajstić information content (AvgIpc) is 2.83. The Bertz CT molecular complexity index is 395. The molecule has 1 aromatic heterocycles. The summed E-state index contributed by atoms with van der Waals surface area (Å²) in [6.45, 7) is 3.67. The highest BCUT2D eigenvalue weighted by molar-refractivity contribution is 5.50. The third kappa shape index (κ3) is 2.28. The van der Waals surface area contributed by atoms with Gasteiger partial charge in [0.25, 0.3) is 0 Å². The lowest BCUT2D eigenvalue weighted by Gasteiger charge is -2.19. The minimum absolute atomic E-state index is 0.242. The highest BCUT2D eigenvalue weighted by Gasteiger charge is 2.23. The van der Waals surface area contributed by atoms with Gasteiger partial charge in [-0.05, 0) is 19.4 Å². The van der Waals surface area contributed by atoms with Crippen molar-refractivity contribution in [3.8, 4) is 6.07 Å². The van der Waals surface area contributed by atoms with Gasteiger partial charge in [0.15, 0.2) is 5.82 Å². The minimum Gasteiger partial charge on any atom is -0.381 e. The molecule has 1 fully saturated rings. The van der Waals surface area contributed by atoms with Gasteiger partial charge >= 0.3 is 0 Å². The van der Waals surface area contributed by atoms with Crippen LogP contribution in [0.3, 0.4) is 0 Å². The lowest BCUT2D eigenvalue weighted by molar-refractivity contribution is 0.183. The molecule has 16 heavy (non-hydrogen) atoms. The van der Waals surface area contributed by atoms with Gasteiger partial charge in [0.05, 0.1) is 18.4 Å². The number of hydrogen-bond donors (Lipinski definition) is 1. The number of nitriles is 1. The lowest BCUT2D eigenvalue weighted by Crippen LogP contribution is -2.27. The molecule has 0 spiro atoms. The van der Waals surface area contributed by atoms with Gasteiger partial charge in [-0.25, -0.2) is 0 Å². The third-order valence-electron chi connectivity index (χ3n) is 2.88. The zero-order chi connectivity index (χ0) is 11.4. The molecule has 5 nitrogen and oxygen atoms in total. The van der Waals surface area contributed by atoms with E-state index < -0.39 is 0 Å². The summed E-state index contributed by atoms with van der Waals surface area (Å²) < 4.78 is 5.33. The molecule has 2 unspecified atom stereocenters. The molecule has 0 saturated carbocycles. The topological polar surface area (TPSA) is 70.8 Å². The van der Waals surface area contributed by atoms with Crippen molar-refractivity contribution in [2.45, 2.75) is 19.4 Å². The summed E-state index contributed by atoms with van der Waals surface area (Å²) >= 11 is 0. The normalized spacial score (nSPS) is 21.4. The molecule has 0 bridgehead atoms. The molecule has 5 heteroatoms. The van der Waals surface area contributed by atoms with Crippen LogP contribution in [-0.2, 0) is 4.74 Å². The maximum Gasteiger partial charge on any atom is 0.166 e. The summed E-state index contributed by atoms with van der Waals surface area (Å²) in [6.07, 6.45) is 2.57. The van der Waals surface area contributed by atoms with E-state index >= 15 is 0 Å². The van der Waals surface area contributed by atoms with Crippen molar-refractivity contribution in [2.24, 2.45) is 5.92 Å². The second-order valence-electron chi connectivity index (χ2n) is 3.96. The fourth-order valence-electron chi connectivity index (χ4n) is 1.81. The van der Waals surface area contributed by atoms with Gasteiger partial charge < -0.3 is 10.1 Å². The van der Waals surface area contributed by atoms with Crippen LogP contribution in [0.5, 0.6) is 0 Å². The molecule has 0 aromatic carbocycles. The van der Waals surface area contributed by atoms with Gasteiger partial charge in [0, 0.05) is 18.6 Å². The number of nitrogens with zero attached hydrogens (tertiary/aromatic N) is 3. The Kier molecular flexibility index (Phi) is 3.32. The lowest BCUT2D eigenvalue weighted by atomic mass is 10.0. The summed E-state index contributed by atoms with van der Waals surface area (Å²) in [5.41, 5.74) is 0.528. The van der Waals surface area contributed by atoms with Crippen molar-refractivity contribution in [3.05, 3.63) is 17.8 Å². The third-order valence-corrected chi connectivity index (χ3v) is 2.88. The molecule has 0 aliphatic carbocycles. The number of ether oxygens (including phenoxy) is 1. The second-order valence-corrected chi connectivity index (χ2v) is 3.96. The number of nitrogens with one attached hydrogen (secondary N) is 1. The van der Waals surface area contributed by atoms with Gasteiger partial charge in [-0.1, -0.05) is 0 Å². The van der Waals surface area contributed by atoms with Crippen molar-refractivity contribution in [2.75, 3.05) is 18.5 Å². The van der Waals surface area contributed by atoms with Crippen molar-refractivity contribution in [3.63, 3.8) is 0 Å². The zero-order valence-electron chi connectivity index (χ0n) is 9.18. The molecule has 0 amide bonds. The van der Waals surface area contributed by atoms with E-state index in [1.54, 1.807) is 6.07 Å². The Morgan fingerprint density at radius 1 is 1.69 bits per heavy atom. The molecule has 2 rings (SSSR count). The maximum atomic E-state index is 8.91. The van der Waals surface area contributed by atoms with Crippen molar-refractivity contribution >= 4 is 5.82 Å². The maximum absolute atomic E-state index is 8.91. The highest BCUT2D eigenvalue weighted by Crippen LogP contribution is 2.20.